The fourth-order valence-corrected chi connectivity index (χ4v) is 2.18. The van der Waals surface area contributed by atoms with Crippen molar-refractivity contribution >= 4 is 5.78 Å². The highest BCUT2D eigenvalue weighted by Gasteiger charge is 2.18. The van der Waals surface area contributed by atoms with Gasteiger partial charge in [-0.15, -0.1) is 0 Å². The SMILES string of the molecule is CC(CCCN)C(=O)c1ccc2c(c1)CCO2. The van der Waals surface area contributed by atoms with Gasteiger partial charge in [-0.25, -0.2) is 0 Å². The first kappa shape index (κ1) is 12.1. The Hall–Kier alpha value is -1.35. The molecule has 1 aromatic carbocycles. The Morgan fingerprint density at radius 3 is 3.12 bits per heavy atom. The van der Waals surface area contributed by atoms with Crippen LogP contribution in [-0.4, -0.2) is 18.9 Å². The topological polar surface area (TPSA) is 52.3 Å². The van der Waals surface area contributed by atoms with Crippen molar-refractivity contribution in [2.24, 2.45) is 11.7 Å². The number of rotatable bonds is 5. The number of nitrogens with two attached hydrogens (primary N) is 1. The minimum Gasteiger partial charge on any atom is -0.493 e. The van der Waals surface area contributed by atoms with Gasteiger partial charge in [0.25, 0.3) is 0 Å². The molecule has 0 aromatic heterocycles. The molecule has 2 N–H and O–H groups in total. The summed E-state index contributed by atoms with van der Waals surface area (Å²) in [6.45, 7) is 3.35. The zero-order valence-electron chi connectivity index (χ0n) is 10.2. The van der Waals surface area contributed by atoms with Gasteiger partial charge in [-0.05, 0) is 43.1 Å². The third-order valence-corrected chi connectivity index (χ3v) is 3.26. The van der Waals surface area contributed by atoms with Crippen LogP contribution in [0.4, 0.5) is 0 Å². The summed E-state index contributed by atoms with van der Waals surface area (Å²) in [5.74, 6) is 1.20. The number of carbonyl (C=O) groups excluding carboxylic acids is 1. The van der Waals surface area contributed by atoms with Crippen LogP contribution in [0.5, 0.6) is 5.75 Å². The van der Waals surface area contributed by atoms with Gasteiger partial charge in [0, 0.05) is 17.9 Å². The molecule has 1 heterocycles. The molecule has 0 fully saturated rings. The molecule has 0 spiro atoms. The molecule has 1 atom stereocenters. The molecule has 3 nitrogen and oxygen atoms in total. The molecular weight excluding hydrogens is 214 g/mol. The van der Waals surface area contributed by atoms with E-state index in [0.717, 1.165) is 42.7 Å². The van der Waals surface area contributed by atoms with Gasteiger partial charge >= 0.3 is 0 Å². The number of carbonyl (C=O) groups is 1. The average molecular weight is 233 g/mol. The largest absolute Gasteiger partial charge is 0.493 e. The molecule has 1 aliphatic rings. The van der Waals surface area contributed by atoms with Crippen molar-refractivity contribution in [3.8, 4) is 5.75 Å². The van der Waals surface area contributed by atoms with Gasteiger partial charge in [0.15, 0.2) is 5.78 Å². The van der Waals surface area contributed by atoms with Crippen LogP contribution in [0.1, 0.15) is 35.7 Å². The second-order valence-electron chi connectivity index (χ2n) is 4.62. The van der Waals surface area contributed by atoms with Crippen molar-refractivity contribution in [1.29, 1.82) is 0 Å². The minimum absolute atomic E-state index is 0.0546. The Bertz CT molecular complexity index is 415. The molecule has 1 aromatic rings. The van der Waals surface area contributed by atoms with Crippen molar-refractivity contribution in [3.63, 3.8) is 0 Å². The quantitative estimate of drug-likeness (QED) is 0.793. The Morgan fingerprint density at radius 2 is 2.35 bits per heavy atom. The molecule has 0 amide bonds. The Kier molecular flexibility index (Phi) is 3.79. The second-order valence-corrected chi connectivity index (χ2v) is 4.62. The summed E-state index contributed by atoms with van der Waals surface area (Å²) in [6, 6.07) is 5.75. The molecule has 0 aliphatic carbocycles. The van der Waals surface area contributed by atoms with Crippen molar-refractivity contribution in [1.82, 2.24) is 0 Å². The second kappa shape index (κ2) is 5.32. The molecule has 0 bridgehead atoms. The van der Waals surface area contributed by atoms with Crippen LogP contribution >= 0.6 is 0 Å². The lowest BCUT2D eigenvalue weighted by Gasteiger charge is -2.10. The van der Waals surface area contributed by atoms with Gasteiger partial charge in [0.1, 0.15) is 5.75 Å². The molecule has 0 saturated heterocycles. The molecule has 1 aliphatic heterocycles. The van der Waals surface area contributed by atoms with E-state index in [1.54, 1.807) is 0 Å². The fraction of sp³-hybridized carbons (Fsp3) is 0.500. The van der Waals surface area contributed by atoms with E-state index in [0.29, 0.717) is 6.54 Å². The standard InChI is InChI=1S/C14H19NO2/c1-10(3-2-7-15)14(16)12-4-5-13-11(9-12)6-8-17-13/h4-5,9-10H,2-3,6-8,15H2,1H3. The first-order valence-electron chi connectivity index (χ1n) is 6.22. The van der Waals surface area contributed by atoms with Crippen molar-refractivity contribution in [2.45, 2.75) is 26.2 Å². The van der Waals surface area contributed by atoms with E-state index in [9.17, 15) is 4.79 Å². The van der Waals surface area contributed by atoms with Crippen molar-refractivity contribution < 1.29 is 9.53 Å². The van der Waals surface area contributed by atoms with E-state index in [2.05, 4.69) is 0 Å². The minimum atomic E-state index is 0.0546. The summed E-state index contributed by atoms with van der Waals surface area (Å²) in [6.07, 6.45) is 2.68. The summed E-state index contributed by atoms with van der Waals surface area (Å²) in [7, 11) is 0. The number of ether oxygens (including phenoxy) is 1. The summed E-state index contributed by atoms with van der Waals surface area (Å²) >= 11 is 0. The van der Waals surface area contributed by atoms with Crippen LogP contribution in [0.25, 0.3) is 0 Å². The number of fused-ring (bicyclic) bond motifs is 1. The van der Waals surface area contributed by atoms with E-state index < -0.39 is 0 Å². The lowest BCUT2D eigenvalue weighted by Crippen LogP contribution is -2.13. The molecular formula is C14H19NO2. The fourth-order valence-electron chi connectivity index (χ4n) is 2.18. The highest BCUT2D eigenvalue weighted by molar-refractivity contribution is 5.98. The average Bonchev–Trinajstić information content (AvgIpc) is 2.81. The molecule has 92 valence electrons. The maximum Gasteiger partial charge on any atom is 0.165 e. The maximum absolute atomic E-state index is 12.2. The molecule has 2 rings (SSSR count). The third kappa shape index (κ3) is 2.67. The zero-order chi connectivity index (χ0) is 12.3. The highest BCUT2D eigenvalue weighted by Crippen LogP contribution is 2.27. The van der Waals surface area contributed by atoms with Crippen molar-refractivity contribution in [3.05, 3.63) is 29.3 Å². The Labute approximate surface area is 102 Å². The van der Waals surface area contributed by atoms with E-state index in [1.165, 1.54) is 0 Å². The zero-order valence-corrected chi connectivity index (χ0v) is 10.2. The number of benzene rings is 1. The number of hydrogen-bond donors (Lipinski definition) is 1. The van der Waals surface area contributed by atoms with Crippen LogP contribution in [-0.2, 0) is 6.42 Å². The maximum atomic E-state index is 12.2. The lowest BCUT2D eigenvalue weighted by atomic mass is 9.94. The third-order valence-electron chi connectivity index (χ3n) is 3.26. The van der Waals surface area contributed by atoms with E-state index in [1.807, 2.05) is 25.1 Å². The number of Topliss-reactive ketones (excluding diaryl/α,β-unsaturated/α-hetero) is 1. The smallest absolute Gasteiger partial charge is 0.165 e. The van der Waals surface area contributed by atoms with Gasteiger partial charge in [-0.3, -0.25) is 4.79 Å². The van der Waals surface area contributed by atoms with Crippen LogP contribution < -0.4 is 10.5 Å². The Balaban J connectivity index is 2.09. The predicted octanol–water partition coefficient (Wildman–Crippen LogP) is 2.18. The van der Waals surface area contributed by atoms with Crippen LogP contribution in [0.15, 0.2) is 18.2 Å². The van der Waals surface area contributed by atoms with Crippen LogP contribution in [0.2, 0.25) is 0 Å². The predicted molar refractivity (Wildman–Crippen MR) is 67.4 cm³/mol. The number of ketones is 1. The normalized spacial score (nSPS) is 15.2. The first-order chi connectivity index (χ1) is 8.22. The van der Waals surface area contributed by atoms with Crippen molar-refractivity contribution in [2.75, 3.05) is 13.2 Å². The van der Waals surface area contributed by atoms with E-state index >= 15 is 0 Å². The lowest BCUT2D eigenvalue weighted by molar-refractivity contribution is 0.0923. The number of hydrogen-bond acceptors (Lipinski definition) is 3. The van der Waals surface area contributed by atoms with Gasteiger partial charge in [0.2, 0.25) is 0 Å². The van der Waals surface area contributed by atoms with Gasteiger partial charge in [0.05, 0.1) is 6.61 Å². The van der Waals surface area contributed by atoms with Gasteiger partial charge in [-0.1, -0.05) is 6.92 Å². The molecule has 3 heteroatoms. The monoisotopic (exact) mass is 233 g/mol. The summed E-state index contributed by atoms with van der Waals surface area (Å²) in [4.78, 5) is 12.2. The molecule has 0 radical (unpaired) electrons. The van der Waals surface area contributed by atoms with Crippen LogP contribution in [0.3, 0.4) is 0 Å². The highest BCUT2D eigenvalue weighted by atomic mass is 16.5. The molecule has 17 heavy (non-hydrogen) atoms. The van der Waals surface area contributed by atoms with Gasteiger partial charge in [-0.2, -0.15) is 0 Å². The van der Waals surface area contributed by atoms with E-state index in [-0.39, 0.29) is 11.7 Å². The molecule has 1 unspecified atom stereocenters. The first-order valence-corrected chi connectivity index (χ1v) is 6.22. The molecule has 0 saturated carbocycles. The van der Waals surface area contributed by atoms with Crippen LogP contribution in [0, 0.1) is 5.92 Å². The summed E-state index contributed by atoms with van der Waals surface area (Å²) in [5.41, 5.74) is 7.42. The van der Waals surface area contributed by atoms with Gasteiger partial charge < -0.3 is 10.5 Å². The summed E-state index contributed by atoms with van der Waals surface area (Å²) < 4.78 is 5.43. The van der Waals surface area contributed by atoms with E-state index in [4.69, 9.17) is 10.5 Å². The Morgan fingerprint density at radius 1 is 1.53 bits per heavy atom. The summed E-state index contributed by atoms with van der Waals surface area (Å²) in [5, 5.41) is 0.